The van der Waals surface area contributed by atoms with Gasteiger partial charge in [-0.2, -0.15) is 10.2 Å². The molecule has 0 saturated heterocycles. The lowest BCUT2D eigenvalue weighted by molar-refractivity contribution is 0.220. The van der Waals surface area contributed by atoms with Gasteiger partial charge in [-0.25, -0.2) is 14.5 Å². The van der Waals surface area contributed by atoms with Gasteiger partial charge in [-0.05, 0) is 30.3 Å². The van der Waals surface area contributed by atoms with Crippen molar-refractivity contribution in [1.29, 1.82) is 0 Å². The third kappa shape index (κ3) is 4.08. The van der Waals surface area contributed by atoms with E-state index in [-0.39, 0.29) is 11.4 Å². The second-order valence-electron chi connectivity index (χ2n) is 7.20. The van der Waals surface area contributed by atoms with Crippen molar-refractivity contribution in [3.63, 3.8) is 0 Å². The maximum absolute atomic E-state index is 12.4. The minimum Gasteiger partial charge on any atom is -0.322 e. The fraction of sp³-hybridized carbons (Fsp3) is 0.333. The van der Waals surface area contributed by atoms with Crippen molar-refractivity contribution < 1.29 is 4.79 Å². The third-order valence-electron chi connectivity index (χ3n) is 3.96. The van der Waals surface area contributed by atoms with Crippen LogP contribution >= 0.6 is 0 Å². The highest BCUT2D eigenvalue weighted by Gasteiger charge is 2.18. The van der Waals surface area contributed by atoms with Crippen molar-refractivity contribution in [2.75, 3.05) is 12.4 Å². The van der Waals surface area contributed by atoms with Crippen molar-refractivity contribution in [1.82, 2.24) is 29.9 Å². The highest BCUT2D eigenvalue weighted by atomic mass is 16.2. The Hall–Kier alpha value is -3.16. The molecule has 0 radical (unpaired) electrons. The molecule has 0 atom stereocenters. The van der Waals surface area contributed by atoms with Crippen molar-refractivity contribution in [3.8, 4) is 5.69 Å². The molecule has 3 rings (SSSR count). The van der Waals surface area contributed by atoms with Crippen LogP contribution in [0.25, 0.3) is 5.69 Å². The van der Waals surface area contributed by atoms with Gasteiger partial charge in [0.15, 0.2) is 0 Å². The lowest BCUT2D eigenvalue weighted by atomic mass is 9.92. The number of rotatable bonds is 4. The number of urea groups is 1. The molecule has 0 aliphatic carbocycles. The molecule has 0 unspecified atom stereocenters. The van der Waals surface area contributed by atoms with Gasteiger partial charge in [0.2, 0.25) is 0 Å². The van der Waals surface area contributed by atoms with Crippen LogP contribution < -0.4 is 5.32 Å². The zero-order valence-electron chi connectivity index (χ0n) is 15.4. The summed E-state index contributed by atoms with van der Waals surface area (Å²) in [7, 11) is 1.75. The van der Waals surface area contributed by atoms with E-state index in [9.17, 15) is 4.79 Å². The predicted octanol–water partition coefficient (Wildman–Crippen LogP) is 2.95. The Morgan fingerprint density at radius 1 is 1.27 bits per heavy atom. The minimum absolute atomic E-state index is 0.0264. The summed E-state index contributed by atoms with van der Waals surface area (Å²) in [6.45, 7) is 6.76. The molecule has 0 aliphatic rings. The summed E-state index contributed by atoms with van der Waals surface area (Å²) in [5, 5.41) is 14.3. The van der Waals surface area contributed by atoms with Gasteiger partial charge in [0.25, 0.3) is 0 Å². The Kier molecular flexibility index (Phi) is 4.75. The normalized spacial score (nSPS) is 11.4. The molecule has 26 heavy (non-hydrogen) atoms. The molecule has 136 valence electrons. The highest BCUT2D eigenvalue weighted by molar-refractivity contribution is 5.89. The van der Waals surface area contributed by atoms with E-state index in [4.69, 9.17) is 0 Å². The number of carbonyl (C=O) groups excluding carboxylic acids is 1. The van der Waals surface area contributed by atoms with E-state index in [0.717, 1.165) is 17.1 Å². The number of nitrogens with one attached hydrogen (secondary N) is 2. The summed E-state index contributed by atoms with van der Waals surface area (Å²) in [5.74, 6) is 0. The largest absolute Gasteiger partial charge is 0.322 e. The van der Waals surface area contributed by atoms with Crippen LogP contribution in [0.5, 0.6) is 0 Å². The van der Waals surface area contributed by atoms with Crippen LogP contribution in [0.3, 0.4) is 0 Å². The second kappa shape index (κ2) is 6.99. The number of hydrogen-bond donors (Lipinski definition) is 2. The van der Waals surface area contributed by atoms with Gasteiger partial charge in [-0.3, -0.25) is 5.10 Å². The van der Waals surface area contributed by atoms with Crippen molar-refractivity contribution >= 4 is 11.7 Å². The predicted molar refractivity (Wildman–Crippen MR) is 99.1 cm³/mol. The van der Waals surface area contributed by atoms with Crippen LogP contribution in [0.4, 0.5) is 10.5 Å². The van der Waals surface area contributed by atoms with Crippen molar-refractivity contribution in [2.45, 2.75) is 32.7 Å². The van der Waals surface area contributed by atoms with Crippen LogP contribution in [0, 0.1) is 0 Å². The number of H-pyrrole nitrogens is 1. The quantitative estimate of drug-likeness (QED) is 0.754. The summed E-state index contributed by atoms with van der Waals surface area (Å²) in [4.78, 5) is 17.9. The fourth-order valence-electron chi connectivity index (χ4n) is 2.41. The van der Waals surface area contributed by atoms with E-state index < -0.39 is 0 Å². The zero-order chi connectivity index (χ0) is 18.7. The molecular formula is C18H23N7O. The van der Waals surface area contributed by atoms with Gasteiger partial charge in [-0.15, -0.1) is 0 Å². The minimum atomic E-state index is -0.189. The average molecular weight is 353 g/mol. The number of amides is 2. The van der Waals surface area contributed by atoms with E-state index in [0.29, 0.717) is 12.2 Å². The van der Waals surface area contributed by atoms with E-state index in [2.05, 4.69) is 46.4 Å². The molecule has 0 bridgehead atoms. The molecular weight excluding hydrogens is 330 g/mol. The molecule has 2 aromatic heterocycles. The number of anilines is 1. The Morgan fingerprint density at radius 2 is 2.00 bits per heavy atom. The number of carbonyl (C=O) groups is 1. The molecule has 2 heterocycles. The van der Waals surface area contributed by atoms with Crippen molar-refractivity contribution in [3.05, 3.63) is 54.4 Å². The maximum atomic E-state index is 12.4. The first-order chi connectivity index (χ1) is 12.3. The van der Waals surface area contributed by atoms with Gasteiger partial charge < -0.3 is 10.2 Å². The first kappa shape index (κ1) is 17.7. The van der Waals surface area contributed by atoms with Gasteiger partial charge >= 0.3 is 6.03 Å². The Bertz CT molecular complexity index is 860. The van der Waals surface area contributed by atoms with Crippen LogP contribution in [0.2, 0.25) is 0 Å². The molecule has 0 spiro atoms. The summed E-state index contributed by atoms with van der Waals surface area (Å²) in [6, 6.07) is 9.21. The molecule has 0 saturated carbocycles. The van der Waals surface area contributed by atoms with Crippen LogP contribution in [-0.2, 0) is 12.0 Å². The van der Waals surface area contributed by atoms with Gasteiger partial charge in [0.05, 0.1) is 23.6 Å². The monoisotopic (exact) mass is 353 g/mol. The first-order valence-electron chi connectivity index (χ1n) is 8.35. The van der Waals surface area contributed by atoms with E-state index in [1.165, 1.54) is 6.33 Å². The summed E-state index contributed by atoms with van der Waals surface area (Å²) < 4.78 is 1.66. The average Bonchev–Trinajstić information content (AvgIpc) is 3.26. The lowest BCUT2D eigenvalue weighted by Crippen LogP contribution is -2.31. The van der Waals surface area contributed by atoms with E-state index >= 15 is 0 Å². The zero-order valence-corrected chi connectivity index (χ0v) is 15.4. The molecule has 3 aromatic rings. The first-order valence-corrected chi connectivity index (χ1v) is 8.35. The summed E-state index contributed by atoms with van der Waals surface area (Å²) in [6.07, 6.45) is 3.10. The van der Waals surface area contributed by atoms with Crippen LogP contribution in [0.1, 0.15) is 32.2 Å². The summed E-state index contributed by atoms with van der Waals surface area (Å²) in [5.41, 5.74) is 3.44. The molecule has 8 nitrogen and oxygen atoms in total. The number of aromatic nitrogens is 5. The second-order valence-corrected chi connectivity index (χ2v) is 7.20. The molecule has 8 heteroatoms. The number of hydrogen-bond acceptors (Lipinski definition) is 4. The van der Waals surface area contributed by atoms with Crippen LogP contribution in [0.15, 0.2) is 43.0 Å². The van der Waals surface area contributed by atoms with Crippen molar-refractivity contribution in [2.24, 2.45) is 0 Å². The molecule has 0 aliphatic heterocycles. The topological polar surface area (TPSA) is 91.7 Å². The SMILES string of the molecule is CN(Cc1cc(C(C)(C)C)n[nH]1)C(=O)Nc1ccc(-n2cncn2)cc1. The smallest absolute Gasteiger partial charge is 0.321 e. The van der Waals surface area contributed by atoms with Gasteiger partial charge in [0, 0.05) is 18.2 Å². The van der Waals surface area contributed by atoms with Crippen LogP contribution in [-0.4, -0.2) is 42.9 Å². The summed E-state index contributed by atoms with van der Waals surface area (Å²) >= 11 is 0. The molecule has 0 fully saturated rings. The van der Waals surface area contributed by atoms with E-state index in [1.54, 1.807) is 23.0 Å². The molecule has 2 amide bonds. The fourth-order valence-corrected chi connectivity index (χ4v) is 2.41. The Morgan fingerprint density at radius 3 is 2.58 bits per heavy atom. The lowest BCUT2D eigenvalue weighted by Gasteiger charge is -2.17. The van der Waals surface area contributed by atoms with Gasteiger partial charge in [0.1, 0.15) is 12.7 Å². The highest BCUT2D eigenvalue weighted by Crippen LogP contribution is 2.20. The Labute approximate surface area is 152 Å². The van der Waals surface area contributed by atoms with Gasteiger partial charge in [-0.1, -0.05) is 20.8 Å². The Balaban J connectivity index is 1.59. The molecule has 1 aromatic carbocycles. The van der Waals surface area contributed by atoms with E-state index in [1.807, 2.05) is 30.3 Å². The number of aromatic amines is 1. The number of nitrogens with zero attached hydrogens (tertiary/aromatic N) is 5. The number of benzene rings is 1. The third-order valence-corrected chi connectivity index (χ3v) is 3.96. The molecule has 2 N–H and O–H groups in total. The standard InChI is InChI=1S/C18H23N7O/c1-18(2,3)16-9-14(22-23-16)10-24(4)17(26)21-13-5-7-15(8-6-13)25-12-19-11-20-25/h5-9,11-12H,10H2,1-4H3,(H,21,26)(H,22,23). The maximum Gasteiger partial charge on any atom is 0.321 e.